The van der Waals surface area contributed by atoms with Gasteiger partial charge in [0.25, 0.3) is 12.2 Å². The average Bonchev–Trinajstić information content (AvgIpc) is 3.25. The molecule has 0 amide bonds. The van der Waals surface area contributed by atoms with Crippen molar-refractivity contribution in [2.75, 3.05) is 11.4 Å². The molecule has 4 heterocycles. The molecule has 0 radical (unpaired) electrons. The second-order valence-electron chi connectivity index (χ2n) is 5.03. The maximum absolute atomic E-state index is 13.1. The fourth-order valence-corrected chi connectivity index (χ4v) is 2.83. The summed E-state index contributed by atoms with van der Waals surface area (Å²) in [5.41, 5.74) is -0.307. The average molecular weight is 306 g/mol. The molecule has 0 aliphatic carbocycles. The van der Waals surface area contributed by atoms with Crippen LogP contribution in [-0.4, -0.2) is 41.3 Å². The van der Waals surface area contributed by atoms with E-state index in [0.29, 0.717) is 18.2 Å². The second kappa shape index (κ2) is 4.97. The van der Waals surface area contributed by atoms with Gasteiger partial charge in [-0.2, -0.15) is 19.7 Å². The maximum atomic E-state index is 13.1. The van der Waals surface area contributed by atoms with Crippen LogP contribution < -0.4 is 4.90 Å². The molecule has 0 spiro atoms. The molecule has 22 heavy (non-hydrogen) atoms. The van der Waals surface area contributed by atoms with Crippen LogP contribution in [0.5, 0.6) is 0 Å². The Morgan fingerprint density at radius 2 is 2.18 bits per heavy atom. The van der Waals surface area contributed by atoms with Crippen LogP contribution in [0.15, 0.2) is 18.7 Å². The first-order valence-electron chi connectivity index (χ1n) is 6.85. The molecule has 3 aromatic rings. The van der Waals surface area contributed by atoms with E-state index in [1.807, 2.05) is 4.90 Å². The van der Waals surface area contributed by atoms with Crippen molar-refractivity contribution in [3.8, 4) is 0 Å². The van der Waals surface area contributed by atoms with E-state index in [-0.39, 0.29) is 17.5 Å². The normalized spacial score (nSPS) is 18.7. The lowest BCUT2D eigenvalue weighted by Crippen LogP contribution is -2.26. The van der Waals surface area contributed by atoms with Gasteiger partial charge in [-0.25, -0.2) is 18.7 Å². The largest absolute Gasteiger partial charge is 0.346 e. The highest BCUT2D eigenvalue weighted by atomic mass is 19.3. The van der Waals surface area contributed by atoms with Gasteiger partial charge in [0.05, 0.1) is 6.04 Å². The molecule has 4 rings (SSSR count). The van der Waals surface area contributed by atoms with Gasteiger partial charge in [0.1, 0.15) is 30.0 Å². The lowest BCUT2D eigenvalue weighted by molar-refractivity contribution is 0.146. The van der Waals surface area contributed by atoms with Crippen LogP contribution in [0.4, 0.5) is 14.6 Å². The summed E-state index contributed by atoms with van der Waals surface area (Å²) in [7, 11) is 0. The number of aromatic nitrogens is 7. The quantitative estimate of drug-likeness (QED) is 0.789. The van der Waals surface area contributed by atoms with Crippen molar-refractivity contribution >= 4 is 11.6 Å². The van der Waals surface area contributed by atoms with Crippen molar-refractivity contribution < 1.29 is 8.78 Å². The van der Waals surface area contributed by atoms with Gasteiger partial charge >= 0.3 is 0 Å². The molecule has 1 fully saturated rings. The minimum atomic E-state index is -2.66. The van der Waals surface area contributed by atoms with E-state index in [9.17, 15) is 8.78 Å². The van der Waals surface area contributed by atoms with E-state index in [4.69, 9.17) is 0 Å². The molecule has 10 heteroatoms. The lowest BCUT2D eigenvalue weighted by Gasteiger charge is -2.25. The molecule has 1 N–H and O–H groups in total. The van der Waals surface area contributed by atoms with E-state index >= 15 is 0 Å². The fourth-order valence-electron chi connectivity index (χ4n) is 2.83. The van der Waals surface area contributed by atoms with E-state index in [1.165, 1.54) is 23.2 Å². The number of anilines is 1. The monoisotopic (exact) mass is 306 g/mol. The molecule has 114 valence electrons. The summed E-state index contributed by atoms with van der Waals surface area (Å²) in [5, 5.41) is 10.8. The Morgan fingerprint density at radius 3 is 2.95 bits per heavy atom. The summed E-state index contributed by atoms with van der Waals surface area (Å²) in [6, 6.07) is 1.31. The summed E-state index contributed by atoms with van der Waals surface area (Å²) in [6.07, 6.45) is 1.87. The first-order chi connectivity index (χ1) is 10.7. The van der Waals surface area contributed by atoms with Crippen LogP contribution >= 0.6 is 0 Å². The molecule has 8 nitrogen and oxygen atoms in total. The first-order valence-corrected chi connectivity index (χ1v) is 6.85. The van der Waals surface area contributed by atoms with Gasteiger partial charge in [-0.3, -0.25) is 5.10 Å². The number of aromatic amines is 1. The predicted molar refractivity (Wildman–Crippen MR) is 71.4 cm³/mol. The van der Waals surface area contributed by atoms with Crippen LogP contribution in [0.3, 0.4) is 0 Å². The van der Waals surface area contributed by atoms with Crippen LogP contribution in [0.1, 0.15) is 36.8 Å². The maximum Gasteiger partial charge on any atom is 0.280 e. The predicted octanol–water partition coefficient (Wildman–Crippen LogP) is 1.52. The summed E-state index contributed by atoms with van der Waals surface area (Å²) in [5.74, 6) is 1.41. The Bertz CT molecular complexity index is 784. The SMILES string of the molecule is FC(F)c1cc(N2CCC[C@H]2c2ncn[nH]2)n2ncnc2n1. The summed E-state index contributed by atoms with van der Waals surface area (Å²) in [6.45, 7) is 0.715. The van der Waals surface area contributed by atoms with Crippen LogP contribution in [0.25, 0.3) is 5.78 Å². The molecule has 1 saturated heterocycles. The fraction of sp³-hybridized carbons (Fsp3) is 0.417. The number of hydrogen-bond donors (Lipinski definition) is 1. The molecular weight excluding hydrogens is 294 g/mol. The Morgan fingerprint density at radius 1 is 1.27 bits per heavy atom. The zero-order chi connectivity index (χ0) is 15.1. The summed E-state index contributed by atoms with van der Waals surface area (Å²) < 4.78 is 27.6. The zero-order valence-electron chi connectivity index (χ0n) is 11.4. The highest BCUT2D eigenvalue weighted by Crippen LogP contribution is 2.35. The third kappa shape index (κ3) is 1.98. The van der Waals surface area contributed by atoms with Gasteiger partial charge < -0.3 is 4.90 Å². The third-order valence-corrected chi connectivity index (χ3v) is 3.77. The molecule has 0 saturated carbocycles. The zero-order valence-corrected chi connectivity index (χ0v) is 11.4. The van der Waals surface area contributed by atoms with Gasteiger partial charge in [-0.15, -0.1) is 0 Å². The molecule has 3 aromatic heterocycles. The van der Waals surface area contributed by atoms with E-state index in [0.717, 1.165) is 12.8 Å². The molecular formula is C12H12F2N8. The standard InChI is InChI=1S/C12H12F2N8/c13-10(14)7-4-9(22-12(19-7)16-6-18-22)21-3-1-2-8(21)11-15-5-17-20-11/h4-6,8,10H,1-3H2,(H,15,17,20)/t8-/m0/s1. The van der Waals surface area contributed by atoms with E-state index in [1.54, 1.807) is 0 Å². The Labute approximate surface area is 123 Å². The molecule has 1 atom stereocenters. The molecule has 0 aromatic carbocycles. The second-order valence-corrected chi connectivity index (χ2v) is 5.03. The van der Waals surface area contributed by atoms with Crippen LogP contribution in [0.2, 0.25) is 0 Å². The van der Waals surface area contributed by atoms with Crippen molar-refractivity contribution in [1.29, 1.82) is 0 Å². The van der Waals surface area contributed by atoms with Crippen molar-refractivity contribution in [1.82, 2.24) is 34.8 Å². The van der Waals surface area contributed by atoms with Crippen molar-refractivity contribution in [3.05, 3.63) is 30.2 Å². The number of hydrogen-bond acceptors (Lipinski definition) is 6. The van der Waals surface area contributed by atoms with Gasteiger partial charge in [-0.05, 0) is 12.8 Å². The van der Waals surface area contributed by atoms with Gasteiger partial charge in [0, 0.05) is 12.6 Å². The first kappa shape index (κ1) is 13.0. The smallest absolute Gasteiger partial charge is 0.280 e. The molecule has 0 unspecified atom stereocenters. The molecule has 0 bridgehead atoms. The number of nitrogens with zero attached hydrogens (tertiary/aromatic N) is 7. The van der Waals surface area contributed by atoms with Crippen molar-refractivity contribution in [3.63, 3.8) is 0 Å². The Hall–Kier alpha value is -2.65. The molecule has 1 aliphatic rings. The number of H-pyrrole nitrogens is 1. The van der Waals surface area contributed by atoms with Crippen LogP contribution in [-0.2, 0) is 0 Å². The number of fused-ring (bicyclic) bond motifs is 1. The number of rotatable bonds is 3. The Balaban J connectivity index is 1.84. The Kier molecular flexibility index (Phi) is 2.94. The minimum Gasteiger partial charge on any atom is -0.346 e. The van der Waals surface area contributed by atoms with Crippen LogP contribution in [0, 0.1) is 0 Å². The number of nitrogens with one attached hydrogen (secondary N) is 1. The highest BCUT2D eigenvalue weighted by molar-refractivity contribution is 5.49. The number of halogens is 2. The topological polar surface area (TPSA) is 87.9 Å². The van der Waals surface area contributed by atoms with Gasteiger partial charge in [-0.1, -0.05) is 0 Å². The summed E-state index contributed by atoms with van der Waals surface area (Å²) >= 11 is 0. The number of alkyl halides is 2. The van der Waals surface area contributed by atoms with Gasteiger partial charge in [0.15, 0.2) is 0 Å². The van der Waals surface area contributed by atoms with Crippen molar-refractivity contribution in [2.45, 2.75) is 25.3 Å². The van der Waals surface area contributed by atoms with Crippen molar-refractivity contribution in [2.24, 2.45) is 0 Å². The summed E-state index contributed by atoms with van der Waals surface area (Å²) in [4.78, 5) is 13.9. The minimum absolute atomic E-state index is 0.0529. The third-order valence-electron chi connectivity index (χ3n) is 3.77. The van der Waals surface area contributed by atoms with E-state index in [2.05, 4.69) is 30.2 Å². The van der Waals surface area contributed by atoms with E-state index < -0.39 is 6.43 Å². The van der Waals surface area contributed by atoms with Gasteiger partial charge in [0.2, 0.25) is 0 Å². The lowest BCUT2D eigenvalue weighted by atomic mass is 10.2. The highest BCUT2D eigenvalue weighted by Gasteiger charge is 2.31. The molecule has 1 aliphatic heterocycles.